The maximum Gasteiger partial charge on any atom is 0.284 e. The number of aliphatic hydroxyl groups is 1. The predicted octanol–water partition coefficient (Wildman–Crippen LogP) is 1.75. The van der Waals surface area contributed by atoms with Crippen LogP contribution in [0.3, 0.4) is 0 Å². The molecule has 1 aromatic rings. The molecule has 1 aromatic heterocycles. The summed E-state index contributed by atoms with van der Waals surface area (Å²) in [6, 6.07) is 0. The monoisotopic (exact) mass is 200 g/mol. The van der Waals surface area contributed by atoms with Crippen LogP contribution in [-0.2, 0) is 0 Å². The average Bonchev–Trinajstić information content (AvgIpc) is 2.53. The van der Waals surface area contributed by atoms with Crippen molar-refractivity contribution < 1.29 is 9.52 Å². The molecule has 0 aromatic carbocycles. The summed E-state index contributed by atoms with van der Waals surface area (Å²) in [5.41, 5.74) is 0. The van der Waals surface area contributed by atoms with Crippen LogP contribution in [0.4, 0.5) is 0 Å². The molecule has 1 fully saturated rings. The maximum absolute atomic E-state index is 9.68. The van der Waals surface area contributed by atoms with E-state index in [1.54, 1.807) is 0 Å². The molecule has 1 saturated carbocycles. The van der Waals surface area contributed by atoms with Crippen molar-refractivity contribution in [2.75, 3.05) is 0 Å². The summed E-state index contributed by atoms with van der Waals surface area (Å²) in [4.78, 5) is 0.285. The normalized spacial score (nSPS) is 29.0. The van der Waals surface area contributed by atoms with E-state index in [-0.39, 0.29) is 16.9 Å². The number of H-pyrrole nitrogens is 1. The van der Waals surface area contributed by atoms with Crippen LogP contribution in [0.2, 0.25) is 0 Å². The fourth-order valence-electron chi connectivity index (χ4n) is 1.80. The van der Waals surface area contributed by atoms with E-state index in [4.69, 9.17) is 16.6 Å². The molecule has 0 spiro atoms. The molecule has 0 amide bonds. The third-order valence-corrected chi connectivity index (χ3v) is 2.68. The third-order valence-electron chi connectivity index (χ3n) is 2.50. The summed E-state index contributed by atoms with van der Waals surface area (Å²) >= 11 is 4.77. The highest BCUT2D eigenvalue weighted by molar-refractivity contribution is 7.71. The van der Waals surface area contributed by atoms with E-state index in [2.05, 4.69) is 10.2 Å². The van der Waals surface area contributed by atoms with Gasteiger partial charge in [0, 0.05) is 0 Å². The zero-order valence-corrected chi connectivity index (χ0v) is 8.01. The van der Waals surface area contributed by atoms with Crippen molar-refractivity contribution >= 4 is 12.2 Å². The molecule has 2 atom stereocenters. The van der Waals surface area contributed by atoms with Crippen molar-refractivity contribution in [3.8, 4) is 0 Å². The van der Waals surface area contributed by atoms with E-state index in [0.29, 0.717) is 5.89 Å². The highest BCUT2D eigenvalue weighted by Crippen LogP contribution is 2.31. The van der Waals surface area contributed by atoms with Crippen LogP contribution in [0.5, 0.6) is 0 Å². The average molecular weight is 200 g/mol. The largest absolute Gasteiger partial charge is 0.414 e. The molecule has 4 nitrogen and oxygen atoms in total. The first-order valence-corrected chi connectivity index (χ1v) is 4.91. The predicted molar refractivity (Wildman–Crippen MR) is 48.9 cm³/mol. The highest BCUT2D eigenvalue weighted by atomic mass is 32.1. The van der Waals surface area contributed by atoms with Gasteiger partial charge in [-0.15, -0.1) is 5.10 Å². The summed E-state index contributed by atoms with van der Waals surface area (Å²) in [5.74, 6) is 0.582. The van der Waals surface area contributed by atoms with Gasteiger partial charge in [0.25, 0.3) is 4.84 Å². The molecule has 72 valence electrons. The number of aromatic amines is 1. The van der Waals surface area contributed by atoms with Crippen LogP contribution in [-0.4, -0.2) is 21.4 Å². The second-order valence-electron chi connectivity index (χ2n) is 3.41. The molecule has 13 heavy (non-hydrogen) atoms. The Morgan fingerprint density at radius 3 is 2.85 bits per heavy atom. The van der Waals surface area contributed by atoms with Gasteiger partial charge in [-0.1, -0.05) is 12.8 Å². The van der Waals surface area contributed by atoms with Gasteiger partial charge in [0.15, 0.2) is 0 Å². The van der Waals surface area contributed by atoms with E-state index in [1.165, 1.54) is 0 Å². The lowest BCUT2D eigenvalue weighted by atomic mass is 9.86. The fraction of sp³-hybridized carbons (Fsp3) is 0.750. The molecule has 0 saturated heterocycles. The lowest BCUT2D eigenvalue weighted by Gasteiger charge is -2.24. The number of nitrogens with zero attached hydrogens (tertiary/aromatic N) is 1. The van der Waals surface area contributed by atoms with Gasteiger partial charge in [-0.25, -0.2) is 5.10 Å². The first-order valence-electron chi connectivity index (χ1n) is 4.51. The Balaban J connectivity index is 2.19. The van der Waals surface area contributed by atoms with Crippen molar-refractivity contribution in [2.24, 2.45) is 0 Å². The molecule has 5 heteroatoms. The summed E-state index contributed by atoms with van der Waals surface area (Å²) in [7, 11) is 0. The second-order valence-corrected chi connectivity index (χ2v) is 3.78. The lowest BCUT2D eigenvalue weighted by molar-refractivity contribution is 0.0938. The van der Waals surface area contributed by atoms with E-state index < -0.39 is 0 Å². The van der Waals surface area contributed by atoms with E-state index in [9.17, 15) is 5.11 Å². The Bertz CT molecular complexity index is 333. The van der Waals surface area contributed by atoms with Gasteiger partial charge in [0.05, 0.1) is 12.0 Å². The molecule has 0 radical (unpaired) electrons. The second kappa shape index (κ2) is 3.59. The number of hydrogen-bond donors (Lipinski definition) is 2. The summed E-state index contributed by atoms with van der Waals surface area (Å²) in [5, 5.41) is 16.2. The van der Waals surface area contributed by atoms with Gasteiger partial charge in [-0.2, -0.15) is 0 Å². The van der Waals surface area contributed by atoms with Crippen molar-refractivity contribution in [2.45, 2.75) is 37.7 Å². The Kier molecular flexibility index (Phi) is 2.46. The standard InChI is InChI=1S/C8H12N2O2S/c11-6-4-2-1-3-5(6)7-9-10-8(13)12-7/h5-6,11H,1-4H2,(H,10,13). The van der Waals surface area contributed by atoms with Gasteiger partial charge in [-0.3, -0.25) is 0 Å². The number of hydrogen-bond acceptors (Lipinski definition) is 4. The SMILES string of the molecule is OC1CCCCC1c1n[nH]c(=S)o1. The number of aromatic nitrogens is 2. The minimum Gasteiger partial charge on any atom is -0.414 e. The Morgan fingerprint density at radius 2 is 2.23 bits per heavy atom. The third kappa shape index (κ3) is 1.81. The molecule has 1 aliphatic carbocycles. The fourth-order valence-corrected chi connectivity index (χ4v) is 1.93. The summed E-state index contributed by atoms with van der Waals surface area (Å²) in [6.45, 7) is 0. The number of rotatable bonds is 1. The maximum atomic E-state index is 9.68. The van der Waals surface area contributed by atoms with Crippen LogP contribution in [0, 0.1) is 4.84 Å². The van der Waals surface area contributed by atoms with E-state index >= 15 is 0 Å². The van der Waals surface area contributed by atoms with E-state index in [1.807, 2.05) is 0 Å². The number of aliphatic hydroxyl groups excluding tert-OH is 1. The van der Waals surface area contributed by atoms with Crippen molar-refractivity contribution in [1.82, 2.24) is 10.2 Å². The Labute approximate surface area is 81.0 Å². The zero-order chi connectivity index (χ0) is 9.26. The van der Waals surface area contributed by atoms with Crippen LogP contribution in [0.1, 0.15) is 37.5 Å². The van der Waals surface area contributed by atoms with Crippen molar-refractivity contribution in [3.05, 3.63) is 10.7 Å². The molecule has 2 unspecified atom stereocenters. The molecule has 0 bridgehead atoms. The minimum absolute atomic E-state index is 0.0294. The van der Waals surface area contributed by atoms with Gasteiger partial charge >= 0.3 is 0 Å². The van der Waals surface area contributed by atoms with Gasteiger partial charge in [0.1, 0.15) is 0 Å². The highest BCUT2D eigenvalue weighted by Gasteiger charge is 2.28. The van der Waals surface area contributed by atoms with Crippen molar-refractivity contribution in [1.29, 1.82) is 0 Å². The summed E-state index contributed by atoms with van der Waals surface area (Å²) in [6.07, 6.45) is 3.65. The van der Waals surface area contributed by atoms with Crippen LogP contribution >= 0.6 is 12.2 Å². The van der Waals surface area contributed by atoms with Gasteiger partial charge < -0.3 is 9.52 Å². The van der Waals surface area contributed by atoms with Gasteiger partial charge in [0.2, 0.25) is 5.89 Å². The number of nitrogens with one attached hydrogen (secondary N) is 1. The lowest BCUT2D eigenvalue weighted by Crippen LogP contribution is -2.22. The molecule has 1 aliphatic rings. The molecule has 2 N–H and O–H groups in total. The Morgan fingerprint density at radius 1 is 1.46 bits per heavy atom. The zero-order valence-electron chi connectivity index (χ0n) is 7.19. The molecular weight excluding hydrogens is 188 g/mol. The quantitative estimate of drug-likeness (QED) is 0.678. The van der Waals surface area contributed by atoms with E-state index in [0.717, 1.165) is 25.7 Å². The Hall–Kier alpha value is -0.680. The van der Waals surface area contributed by atoms with Crippen LogP contribution in [0.15, 0.2) is 4.42 Å². The molecule has 1 heterocycles. The minimum atomic E-state index is -0.324. The smallest absolute Gasteiger partial charge is 0.284 e. The van der Waals surface area contributed by atoms with Crippen LogP contribution in [0.25, 0.3) is 0 Å². The van der Waals surface area contributed by atoms with Crippen molar-refractivity contribution in [3.63, 3.8) is 0 Å². The summed E-state index contributed by atoms with van der Waals surface area (Å²) < 4.78 is 5.18. The topological polar surface area (TPSA) is 62.1 Å². The molecular formula is C8H12N2O2S. The first kappa shape index (κ1) is 8.90. The molecule has 2 rings (SSSR count). The van der Waals surface area contributed by atoms with Crippen LogP contribution < -0.4 is 0 Å². The molecule has 0 aliphatic heterocycles. The van der Waals surface area contributed by atoms with Gasteiger partial charge in [-0.05, 0) is 25.1 Å². The first-order chi connectivity index (χ1) is 6.27.